The molecule has 0 aromatic carbocycles. The first-order chi connectivity index (χ1) is 18.0. The van der Waals surface area contributed by atoms with Gasteiger partial charge in [-0.2, -0.15) is 11.8 Å². The summed E-state index contributed by atoms with van der Waals surface area (Å²) >= 11 is 1.50. The zero-order valence-corrected chi connectivity index (χ0v) is 24.7. The van der Waals surface area contributed by atoms with Crippen LogP contribution in [0.1, 0.15) is 67.2 Å². The number of unbranched alkanes of at least 4 members (excludes halogenated alkanes) is 1. The Morgan fingerprint density at radius 2 is 1.46 bits per heavy atom. The van der Waals surface area contributed by atoms with Crippen molar-refractivity contribution < 1.29 is 38.2 Å². The van der Waals surface area contributed by atoms with Crippen LogP contribution in [0, 0.1) is 0 Å². The zero-order chi connectivity index (χ0) is 29.8. The number of carbonyl (C=O) groups excluding carboxylic acids is 6. The normalized spacial score (nSPS) is 15.0. The monoisotopic (exact) mass is 570 g/mol. The summed E-state index contributed by atoms with van der Waals surface area (Å²) in [5.74, 6) is -2.00. The van der Waals surface area contributed by atoms with E-state index < -0.39 is 53.7 Å². The number of amides is 5. The molecule has 13 heteroatoms. The zero-order valence-electron chi connectivity index (χ0n) is 23.9. The third-order valence-electron chi connectivity index (χ3n) is 5.09. The number of alkyl carbamates (subject to hydrolysis) is 1. The summed E-state index contributed by atoms with van der Waals surface area (Å²) in [6.45, 7) is 9.99. The highest BCUT2D eigenvalue weighted by Gasteiger charge is 2.29. The van der Waals surface area contributed by atoms with E-state index in [9.17, 15) is 28.8 Å². The number of rotatable bonds is 14. The van der Waals surface area contributed by atoms with Gasteiger partial charge in [0.25, 0.3) is 11.8 Å². The van der Waals surface area contributed by atoms with Crippen molar-refractivity contribution in [1.82, 2.24) is 20.9 Å². The Bertz CT molecular complexity index is 921. The molecule has 3 N–H and O–H groups in total. The molecule has 0 spiro atoms. The molecule has 0 bridgehead atoms. The third kappa shape index (κ3) is 14.0. The Morgan fingerprint density at radius 3 is 2.00 bits per heavy atom. The molecule has 0 saturated heterocycles. The van der Waals surface area contributed by atoms with Gasteiger partial charge in [-0.25, -0.2) is 9.59 Å². The highest BCUT2D eigenvalue weighted by atomic mass is 32.2. The molecule has 2 unspecified atom stereocenters. The summed E-state index contributed by atoms with van der Waals surface area (Å²) in [6.07, 6.45) is 4.91. The summed E-state index contributed by atoms with van der Waals surface area (Å²) in [7, 11) is 0. The number of nitrogens with one attached hydrogen (secondary N) is 3. The van der Waals surface area contributed by atoms with E-state index in [1.54, 1.807) is 41.5 Å². The third-order valence-corrected chi connectivity index (χ3v) is 5.74. The topological polar surface area (TPSA) is 160 Å². The molecule has 2 atom stereocenters. The minimum Gasteiger partial charge on any atom is -0.458 e. The Labute approximate surface area is 234 Å². The van der Waals surface area contributed by atoms with Crippen LogP contribution in [0.15, 0.2) is 12.2 Å². The van der Waals surface area contributed by atoms with E-state index >= 15 is 0 Å². The molecule has 1 aliphatic rings. The summed E-state index contributed by atoms with van der Waals surface area (Å²) < 4.78 is 10.6. The van der Waals surface area contributed by atoms with Crippen molar-refractivity contribution in [1.29, 1.82) is 0 Å². The van der Waals surface area contributed by atoms with Crippen LogP contribution in [0.4, 0.5) is 4.79 Å². The Morgan fingerprint density at radius 1 is 0.872 bits per heavy atom. The van der Waals surface area contributed by atoms with E-state index in [0.29, 0.717) is 25.0 Å². The SMILES string of the molecule is CSCCC(NC(=O)OC(C)(C)C)C(=O)NCC(=O)NC(CCCCN1C(=O)C=CC1=O)C(=O)OC(C)(C)C. The Hall–Kier alpha value is -3.09. The van der Waals surface area contributed by atoms with Crippen molar-refractivity contribution in [2.24, 2.45) is 0 Å². The van der Waals surface area contributed by atoms with Gasteiger partial charge in [-0.1, -0.05) is 0 Å². The molecule has 220 valence electrons. The summed E-state index contributed by atoms with van der Waals surface area (Å²) in [6, 6.07) is -1.91. The fourth-order valence-corrected chi connectivity index (χ4v) is 3.85. The predicted molar refractivity (Wildman–Crippen MR) is 147 cm³/mol. The molecule has 1 aliphatic heterocycles. The van der Waals surface area contributed by atoms with Gasteiger partial charge in [-0.05, 0) is 79.2 Å². The van der Waals surface area contributed by atoms with Gasteiger partial charge < -0.3 is 25.4 Å². The summed E-state index contributed by atoms with van der Waals surface area (Å²) in [4.78, 5) is 74.8. The van der Waals surface area contributed by atoms with Gasteiger partial charge >= 0.3 is 12.1 Å². The second-order valence-corrected chi connectivity index (χ2v) is 12.0. The average Bonchev–Trinajstić information content (AvgIpc) is 3.11. The minimum atomic E-state index is -0.996. The van der Waals surface area contributed by atoms with Crippen LogP contribution in [0.3, 0.4) is 0 Å². The van der Waals surface area contributed by atoms with Crippen LogP contribution in [0.5, 0.6) is 0 Å². The molecular formula is C26H42N4O8S. The van der Waals surface area contributed by atoms with Gasteiger partial charge in [0.1, 0.15) is 23.3 Å². The molecule has 12 nitrogen and oxygen atoms in total. The van der Waals surface area contributed by atoms with Crippen molar-refractivity contribution in [3.63, 3.8) is 0 Å². The lowest BCUT2D eigenvalue weighted by Crippen LogP contribution is -2.52. The number of hydrogen-bond donors (Lipinski definition) is 3. The van der Waals surface area contributed by atoms with Crippen molar-refractivity contribution >= 4 is 47.5 Å². The maximum Gasteiger partial charge on any atom is 0.408 e. The molecule has 0 saturated carbocycles. The van der Waals surface area contributed by atoms with E-state index in [4.69, 9.17) is 9.47 Å². The van der Waals surface area contributed by atoms with Crippen LogP contribution < -0.4 is 16.0 Å². The van der Waals surface area contributed by atoms with Crippen molar-refractivity contribution in [3.05, 3.63) is 12.2 Å². The first kappa shape index (κ1) is 33.9. The largest absolute Gasteiger partial charge is 0.458 e. The van der Waals surface area contributed by atoms with Crippen molar-refractivity contribution in [2.45, 2.75) is 90.5 Å². The number of thioether (sulfide) groups is 1. The molecule has 39 heavy (non-hydrogen) atoms. The van der Waals surface area contributed by atoms with Crippen LogP contribution >= 0.6 is 11.8 Å². The predicted octanol–water partition coefficient (Wildman–Crippen LogP) is 1.67. The Balaban J connectivity index is 2.70. The van der Waals surface area contributed by atoms with Crippen LogP contribution in [0.25, 0.3) is 0 Å². The molecule has 0 fully saturated rings. The number of esters is 1. The van der Waals surface area contributed by atoms with Gasteiger partial charge in [0.05, 0.1) is 6.54 Å². The lowest BCUT2D eigenvalue weighted by atomic mass is 10.1. The highest BCUT2D eigenvalue weighted by Crippen LogP contribution is 2.13. The smallest absolute Gasteiger partial charge is 0.408 e. The Kier molecular flexibility index (Phi) is 13.5. The fraction of sp³-hybridized carbons (Fsp3) is 0.692. The van der Waals surface area contributed by atoms with E-state index in [1.807, 2.05) is 6.26 Å². The summed E-state index contributed by atoms with van der Waals surface area (Å²) in [5, 5.41) is 7.62. The first-order valence-corrected chi connectivity index (χ1v) is 14.2. The molecule has 1 heterocycles. The second kappa shape index (κ2) is 15.5. The minimum absolute atomic E-state index is 0.192. The average molecular weight is 571 g/mol. The number of imide groups is 1. The summed E-state index contributed by atoms with van der Waals surface area (Å²) in [5.41, 5.74) is -1.52. The van der Waals surface area contributed by atoms with Crippen molar-refractivity contribution in [2.75, 3.05) is 25.1 Å². The van der Waals surface area contributed by atoms with Gasteiger partial charge in [0.15, 0.2) is 0 Å². The number of hydrogen-bond acceptors (Lipinski definition) is 9. The van der Waals surface area contributed by atoms with E-state index in [2.05, 4.69) is 16.0 Å². The van der Waals surface area contributed by atoms with Gasteiger partial charge in [-0.3, -0.25) is 24.1 Å². The molecule has 1 rings (SSSR count). The van der Waals surface area contributed by atoms with Gasteiger partial charge in [-0.15, -0.1) is 0 Å². The van der Waals surface area contributed by atoms with Crippen LogP contribution in [0.2, 0.25) is 0 Å². The quantitative estimate of drug-likeness (QED) is 0.160. The highest BCUT2D eigenvalue weighted by molar-refractivity contribution is 7.98. The van der Waals surface area contributed by atoms with E-state index in [-0.39, 0.29) is 24.8 Å². The van der Waals surface area contributed by atoms with E-state index in [0.717, 1.165) is 4.90 Å². The van der Waals surface area contributed by atoms with Gasteiger partial charge in [0, 0.05) is 18.7 Å². The standard InChI is InChI=1S/C26H42N4O8S/c1-25(2,3)37-23(35)18(10-8-9-14-30-20(32)11-12-21(30)33)28-19(31)16-27-22(34)17(13-15-39-7)29-24(36)38-26(4,5)6/h11-12,17-18H,8-10,13-16H2,1-7H3,(H,27,34)(H,28,31)(H,29,36). The molecule has 0 radical (unpaired) electrons. The molecule has 0 aromatic heterocycles. The second-order valence-electron chi connectivity index (χ2n) is 11.0. The first-order valence-electron chi connectivity index (χ1n) is 12.8. The van der Waals surface area contributed by atoms with Crippen molar-refractivity contribution in [3.8, 4) is 0 Å². The number of ether oxygens (including phenoxy) is 2. The number of carbonyl (C=O) groups is 6. The maximum atomic E-state index is 12.7. The van der Waals surface area contributed by atoms with E-state index in [1.165, 1.54) is 23.9 Å². The van der Waals surface area contributed by atoms with Crippen LogP contribution in [-0.4, -0.2) is 89.0 Å². The molecule has 5 amide bonds. The molecular weight excluding hydrogens is 528 g/mol. The lowest BCUT2D eigenvalue weighted by molar-refractivity contribution is -0.159. The fourth-order valence-electron chi connectivity index (χ4n) is 3.38. The number of nitrogens with zero attached hydrogens (tertiary/aromatic N) is 1. The molecule has 0 aliphatic carbocycles. The van der Waals surface area contributed by atoms with Crippen LogP contribution in [-0.2, 0) is 33.4 Å². The molecule has 0 aromatic rings. The van der Waals surface area contributed by atoms with Gasteiger partial charge in [0.2, 0.25) is 11.8 Å². The lowest BCUT2D eigenvalue weighted by Gasteiger charge is -2.25. The maximum absolute atomic E-state index is 12.7.